The van der Waals surface area contributed by atoms with E-state index < -0.39 is 11.8 Å². The second-order valence-electron chi connectivity index (χ2n) is 7.07. The molecule has 0 aromatic heterocycles. The van der Waals surface area contributed by atoms with Gasteiger partial charge in [-0.1, -0.05) is 19.4 Å². The molecule has 0 radical (unpaired) electrons. The van der Waals surface area contributed by atoms with Crippen molar-refractivity contribution in [1.29, 1.82) is 0 Å². The summed E-state index contributed by atoms with van der Waals surface area (Å²) >= 11 is 5.03. The summed E-state index contributed by atoms with van der Waals surface area (Å²) < 4.78 is 10.4. The number of rotatable bonds is 9. The maximum Gasteiger partial charge on any atom is 0.269 e. The molecule has 0 saturated carbocycles. The predicted molar refractivity (Wildman–Crippen MR) is 135 cm³/mol. The highest BCUT2D eigenvalue weighted by atomic mass is 32.1. The molecule has 9 nitrogen and oxygen atoms in total. The van der Waals surface area contributed by atoms with E-state index in [0.29, 0.717) is 29.2 Å². The highest BCUT2D eigenvalue weighted by Gasteiger charge is 2.08. The van der Waals surface area contributed by atoms with Crippen LogP contribution in [0, 0.1) is 0 Å². The quantitative estimate of drug-likeness (QED) is 0.245. The Labute approximate surface area is 203 Å². The number of amides is 3. The average molecular weight is 485 g/mol. The maximum absolute atomic E-state index is 12.3. The van der Waals surface area contributed by atoms with Crippen LogP contribution < -0.4 is 31.0 Å². The minimum Gasteiger partial charge on any atom is -0.493 e. The van der Waals surface area contributed by atoms with Crippen molar-refractivity contribution in [2.45, 2.75) is 26.2 Å². The first-order chi connectivity index (χ1) is 16.4. The van der Waals surface area contributed by atoms with Crippen LogP contribution >= 0.6 is 12.2 Å². The first-order valence-electron chi connectivity index (χ1n) is 10.6. The monoisotopic (exact) mass is 484 g/mol. The third kappa shape index (κ3) is 8.55. The molecule has 34 heavy (non-hydrogen) atoms. The molecule has 0 heterocycles. The van der Waals surface area contributed by atoms with Crippen molar-refractivity contribution in [2.75, 3.05) is 19.5 Å². The van der Waals surface area contributed by atoms with Crippen molar-refractivity contribution in [3.8, 4) is 11.5 Å². The molecule has 0 atom stereocenters. The molecule has 0 saturated heterocycles. The van der Waals surface area contributed by atoms with Crippen LogP contribution in [0.4, 0.5) is 5.69 Å². The summed E-state index contributed by atoms with van der Waals surface area (Å²) in [5, 5.41) is 5.13. The Balaban J connectivity index is 1.80. The van der Waals surface area contributed by atoms with Gasteiger partial charge >= 0.3 is 0 Å². The van der Waals surface area contributed by atoms with Crippen LogP contribution in [0.1, 0.15) is 42.1 Å². The largest absolute Gasteiger partial charge is 0.493 e. The molecule has 180 valence electrons. The molecule has 0 aliphatic carbocycles. The van der Waals surface area contributed by atoms with Crippen LogP contribution in [-0.4, -0.2) is 37.1 Å². The number of anilines is 1. The van der Waals surface area contributed by atoms with E-state index in [9.17, 15) is 14.4 Å². The lowest BCUT2D eigenvalue weighted by atomic mass is 10.2. The van der Waals surface area contributed by atoms with E-state index in [4.69, 9.17) is 21.7 Å². The van der Waals surface area contributed by atoms with E-state index in [-0.39, 0.29) is 11.0 Å². The van der Waals surface area contributed by atoms with Crippen LogP contribution in [0.2, 0.25) is 0 Å². The Hall–Kier alpha value is -3.92. The van der Waals surface area contributed by atoms with Crippen LogP contribution in [-0.2, 0) is 9.59 Å². The fourth-order valence-corrected chi connectivity index (χ4v) is 2.92. The molecule has 3 amide bonds. The van der Waals surface area contributed by atoms with E-state index in [1.165, 1.54) is 20.3 Å². The number of ether oxygens (including phenoxy) is 2. The standard InChI is InChI=1S/C24H28N4O5S/c1-4-5-6-21(29)25-18-11-9-17(10-12-18)23(31)27-28-24(34)26-22(30)14-8-16-7-13-19(32-2)20(15-16)33-3/h7-15H,4-6H2,1-3H3,(H,25,29)(H,27,31)(H2,26,28,30,34). The second-order valence-corrected chi connectivity index (χ2v) is 7.48. The number of nitrogens with one attached hydrogen (secondary N) is 4. The van der Waals surface area contributed by atoms with Gasteiger partial charge in [0.05, 0.1) is 14.2 Å². The SMILES string of the molecule is CCCCC(=O)Nc1ccc(C(=O)NNC(=S)NC(=O)C=Cc2ccc(OC)c(OC)c2)cc1. The molecule has 2 rings (SSSR count). The van der Waals surface area contributed by atoms with E-state index in [2.05, 4.69) is 21.5 Å². The van der Waals surface area contributed by atoms with Crippen molar-refractivity contribution in [1.82, 2.24) is 16.2 Å². The maximum atomic E-state index is 12.3. The van der Waals surface area contributed by atoms with Crippen molar-refractivity contribution in [2.24, 2.45) is 0 Å². The fraction of sp³-hybridized carbons (Fsp3) is 0.250. The summed E-state index contributed by atoms with van der Waals surface area (Å²) in [4.78, 5) is 36.1. The van der Waals surface area contributed by atoms with E-state index >= 15 is 0 Å². The number of hydrogen-bond acceptors (Lipinski definition) is 6. The average Bonchev–Trinajstić information content (AvgIpc) is 2.84. The topological polar surface area (TPSA) is 118 Å². The predicted octanol–water partition coefficient (Wildman–Crippen LogP) is 3.18. The van der Waals surface area contributed by atoms with Crippen molar-refractivity contribution < 1.29 is 23.9 Å². The van der Waals surface area contributed by atoms with Gasteiger partial charge in [0.2, 0.25) is 11.8 Å². The molecule has 0 spiro atoms. The van der Waals surface area contributed by atoms with Gasteiger partial charge in [-0.05, 0) is 66.7 Å². The number of hydrogen-bond donors (Lipinski definition) is 4. The molecule has 0 fully saturated rings. The molecular formula is C24H28N4O5S. The number of methoxy groups -OCH3 is 2. The molecular weight excluding hydrogens is 456 g/mol. The number of hydrazine groups is 1. The zero-order chi connectivity index (χ0) is 24.9. The van der Waals surface area contributed by atoms with E-state index in [0.717, 1.165) is 18.4 Å². The molecule has 2 aromatic rings. The molecule has 10 heteroatoms. The van der Waals surface area contributed by atoms with Crippen LogP contribution in [0.3, 0.4) is 0 Å². The molecule has 2 aromatic carbocycles. The number of thiocarbonyl (C=S) groups is 1. The summed E-state index contributed by atoms with van der Waals surface area (Å²) in [6.45, 7) is 2.02. The fourth-order valence-electron chi connectivity index (χ4n) is 2.76. The van der Waals surface area contributed by atoms with Gasteiger partial charge in [0, 0.05) is 23.7 Å². The normalized spacial score (nSPS) is 10.3. The summed E-state index contributed by atoms with van der Waals surface area (Å²) in [6, 6.07) is 11.6. The van der Waals surface area contributed by atoms with Gasteiger partial charge in [0.1, 0.15) is 0 Å². The third-order valence-electron chi connectivity index (χ3n) is 4.55. The van der Waals surface area contributed by atoms with Gasteiger partial charge in [-0.15, -0.1) is 0 Å². The van der Waals surface area contributed by atoms with Crippen LogP contribution in [0.5, 0.6) is 11.5 Å². The summed E-state index contributed by atoms with van der Waals surface area (Å²) in [5.41, 5.74) is 6.56. The van der Waals surface area contributed by atoms with Gasteiger partial charge in [-0.2, -0.15) is 0 Å². The van der Waals surface area contributed by atoms with E-state index in [1.54, 1.807) is 48.5 Å². The minimum absolute atomic E-state index is 0.0676. The number of benzene rings is 2. The first-order valence-corrected chi connectivity index (χ1v) is 11.0. The number of unbranched alkanes of at least 4 members (excludes halogenated alkanes) is 1. The first kappa shape index (κ1) is 26.3. The lowest BCUT2D eigenvalue weighted by Crippen LogP contribution is -2.48. The summed E-state index contributed by atoms with van der Waals surface area (Å²) in [5.74, 6) is 0.112. The molecule has 0 aliphatic heterocycles. The van der Waals surface area contributed by atoms with Gasteiger partial charge in [0.25, 0.3) is 5.91 Å². The Bertz CT molecular complexity index is 1050. The Morgan fingerprint density at radius 2 is 1.68 bits per heavy atom. The van der Waals surface area contributed by atoms with Crippen LogP contribution in [0.25, 0.3) is 6.08 Å². The zero-order valence-electron chi connectivity index (χ0n) is 19.3. The van der Waals surface area contributed by atoms with Gasteiger partial charge < -0.3 is 14.8 Å². The molecule has 0 aliphatic rings. The lowest BCUT2D eigenvalue weighted by molar-refractivity contribution is -0.116. The van der Waals surface area contributed by atoms with E-state index in [1.807, 2.05) is 6.92 Å². The van der Waals surface area contributed by atoms with Crippen molar-refractivity contribution in [3.05, 3.63) is 59.7 Å². The Kier molecular flexibility index (Phi) is 10.5. The van der Waals surface area contributed by atoms with Gasteiger partial charge in [-0.3, -0.25) is 30.6 Å². The lowest BCUT2D eigenvalue weighted by Gasteiger charge is -2.10. The summed E-state index contributed by atoms with van der Waals surface area (Å²) in [7, 11) is 3.06. The smallest absolute Gasteiger partial charge is 0.269 e. The second kappa shape index (κ2) is 13.6. The minimum atomic E-state index is -0.482. The molecule has 0 unspecified atom stereocenters. The molecule has 4 N–H and O–H groups in total. The summed E-state index contributed by atoms with van der Waals surface area (Å²) in [6.07, 6.45) is 5.09. The zero-order valence-corrected chi connectivity index (χ0v) is 20.1. The Morgan fingerprint density at radius 3 is 2.32 bits per heavy atom. The number of carbonyl (C=O) groups is 3. The highest BCUT2D eigenvalue weighted by Crippen LogP contribution is 2.27. The Morgan fingerprint density at radius 1 is 0.971 bits per heavy atom. The highest BCUT2D eigenvalue weighted by molar-refractivity contribution is 7.80. The van der Waals surface area contributed by atoms with Crippen molar-refractivity contribution >= 4 is 46.8 Å². The van der Waals surface area contributed by atoms with Gasteiger partial charge in [0.15, 0.2) is 16.6 Å². The third-order valence-corrected chi connectivity index (χ3v) is 4.75. The molecule has 0 bridgehead atoms. The van der Waals surface area contributed by atoms with Gasteiger partial charge in [-0.25, -0.2) is 0 Å². The van der Waals surface area contributed by atoms with Crippen molar-refractivity contribution in [3.63, 3.8) is 0 Å². The number of carbonyl (C=O) groups excluding carboxylic acids is 3. The van der Waals surface area contributed by atoms with Crippen LogP contribution in [0.15, 0.2) is 48.5 Å².